The number of pyridine rings is 1. The summed E-state index contributed by atoms with van der Waals surface area (Å²) in [5, 5.41) is 3.59. The molecule has 2 aromatic rings. The minimum Gasteiger partial charge on any atom is -0.338 e. The fourth-order valence-electron chi connectivity index (χ4n) is 1.77. The molecule has 5 nitrogen and oxygen atoms in total. The van der Waals surface area contributed by atoms with Gasteiger partial charge in [-0.05, 0) is 24.3 Å². The number of carbonyl (C=O) groups excluding carboxylic acids is 2. The Balaban J connectivity index is 2.32. The molecule has 0 aliphatic carbocycles. The number of hydrogen-bond donors (Lipinski definition) is 1. The highest BCUT2D eigenvalue weighted by molar-refractivity contribution is 6.01. The predicted octanol–water partition coefficient (Wildman–Crippen LogP) is 0.102. The van der Waals surface area contributed by atoms with E-state index in [0.717, 1.165) is 0 Å². The van der Waals surface area contributed by atoms with Gasteiger partial charge in [0.25, 0.3) is 5.91 Å². The van der Waals surface area contributed by atoms with Crippen molar-refractivity contribution in [2.45, 2.75) is 0 Å². The number of amides is 1. The van der Waals surface area contributed by atoms with Crippen LogP contribution in [0.25, 0.3) is 0 Å². The molecule has 1 amide bonds. The van der Waals surface area contributed by atoms with Crippen LogP contribution in [0.15, 0.2) is 41.4 Å². The summed E-state index contributed by atoms with van der Waals surface area (Å²) in [6.07, 6.45) is 0. The highest BCUT2D eigenvalue weighted by Crippen LogP contribution is 2.20. The van der Waals surface area contributed by atoms with Gasteiger partial charge < -0.3 is 5.32 Å². The molecule has 1 aromatic heterocycles. The van der Waals surface area contributed by atoms with Crippen LogP contribution in [-0.4, -0.2) is 16.8 Å². The number of nitrogens with one attached hydrogen (secondary N) is 1. The third-order valence-corrected chi connectivity index (χ3v) is 2.61. The van der Waals surface area contributed by atoms with Gasteiger partial charge in [-0.2, -0.15) is 0 Å². The molecule has 0 radical (unpaired) electrons. The van der Waals surface area contributed by atoms with Crippen LogP contribution in [0.4, 0.5) is 11.5 Å². The van der Waals surface area contributed by atoms with E-state index in [-0.39, 0.29) is 11.3 Å². The fourth-order valence-corrected chi connectivity index (χ4v) is 1.77. The number of nitrogens with zero attached hydrogens (tertiary/aromatic N) is 2. The lowest BCUT2D eigenvalue weighted by molar-refractivity contribution is 0.1000. The van der Waals surface area contributed by atoms with Crippen LogP contribution < -0.4 is 16.0 Å². The van der Waals surface area contributed by atoms with Crippen LogP contribution in [0.3, 0.4) is 0 Å². The lowest BCUT2D eigenvalue weighted by Gasteiger charge is -2.05. The summed E-state index contributed by atoms with van der Waals surface area (Å²) in [6, 6.07) is 10.1. The van der Waals surface area contributed by atoms with Gasteiger partial charge in [-0.1, -0.05) is 12.1 Å². The first kappa shape index (κ1) is 10.4. The third kappa shape index (κ3) is 1.59. The zero-order valence-corrected chi connectivity index (χ0v) is 9.18. The number of hydrogen-bond acceptors (Lipinski definition) is 4. The van der Waals surface area contributed by atoms with E-state index in [1.54, 1.807) is 36.3 Å². The summed E-state index contributed by atoms with van der Waals surface area (Å²) >= 11 is 0. The van der Waals surface area contributed by atoms with Crippen molar-refractivity contribution >= 4 is 23.4 Å². The monoisotopic (exact) mass is 237 g/mol. The molecule has 2 heterocycles. The Labute approximate surface area is 102 Å². The summed E-state index contributed by atoms with van der Waals surface area (Å²) < 4.78 is 0. The van der Waals surface area contributed by atoms with Crippen LogP contribution in [0.2, 0.25) is 0 Å². The highest BCUT2D eigenvalue weighted by Gasteiger charge is 2.15. The Morgan fingerprint density at radius 2 is 1.94 bits per heavy atom. The second-order valence-electron chi connectivity index (χ2n) is 3.75. The van der Waals surface area contributed by atoms with Crippen molar-refractivity contribution in [3.8, 4) is 0 Å². The van der Waals surface area contributed by atoms with Gasteiger partial charge in [0.05, 0.1) is 11.3 Å². The van der Waals surface area contributed by atoms with E-state index in [2.05, 4.69) is 15.3 Å². The van der Waals surface area contributed by atoms with Crippen molar-refractivity contribution in [1.82, 2.24) is 4.98 Å². The maximum Gasteiger partial charge on any atom is 0.279 e. The molecule has 0 saturated carbocycles. The topological polar surface area (TPSA) is 71.4 Å². The Morgan fingerprint density at radius 1 is 1.11 bits per heavy atom. The predicted molar refractivity (Wildman–Crippen MR) is 63.9 cm³/mol. The van der Waals surface area contributed by atoms with Crippen molar-refractivity contribution in [3.63, 3.8) is 0 Å². The van der Waals surface area contributed by atoms with E-state index >= 15 is 0 Å². The standard InChI is InChI=1S/C13H7N3O2/c17-7-8-5-6-11-12(14-8)15-10-4-2-1-3-9(10)13(18)16-11/h1-6H,(H,14,15). The summed E-state index contributed by atoms with van der Waals surface area (Å²) in [7, 11) is 0. The van der Waals surface area contributed by atoms with Crippen molar-refractivity contribution in [3.05, 3.63) is 52.7 Å². The summed E-state index contributed by atoms with van der Waals surface area (Å²) in [5.41, 5.74) is 1.10. The summed E-state index contributed by atoms with van der Waals surface area (Å²) in [6.45, 7) is 0. The maximum atomic E-state index is 11.9. The Bertz CT molecular complexity index is 792. The normalized spacial score (nSPS) is 12.3. The van der Waals surface area contributed by atoms with E-state index in [0.29, 0.717) is 22.4 Å². The van der Waals surface area contributed by atoms with Gasteiger partial charge in [-0.25, -0.2) is 14.8 Å². The van der Waals surface area contributed by atoms with E-state index in [4.69, 9.17) is 0 Å². The Hall–Kier alpha value is -2.78. The van der Waals surface area contributed by atoms with E-state index in [1.165, 1.54) is 6.07 Å². The molecule has 3 rings (SSSR count). The fraction of sp³-hybridized carbons (Fsp3) is 0. The van der Waals surface area contributed by atoms with E-state index in [9.17, 15) is 9.59 Å². The zero-order chi connectivity index (χ0) is 12.5. The van der Waals surface area contributed by atoms with Crippen LogP contribution in [0, 0.1) is 0 Å². The van der Waals surface area contributed by atoms with Crippen molar-refractivity contribution in [2.24, 2.45) is 4.99 Å². The number of para-hydroxylation sites is 1. The molecular formula is C13H7N3O2. The van der Waals surface area contributed by atoms with Crippen LogP contribution >= 0.6 is 0 Å². The minimum atomic E-state index is -0.332. The Morgan fingerprint density at radius 3 is 2.78 bits per heavy atom. The second kappa shape index (κ2) is 3.91. The number of benzene rings is 1. The van der Waals surface area contributed by atoms with Crippen molar-refractivity contribution in [2.75, 3.05) is 5.32 Å². The molecule has 5 heteroatoms. The molecule has 0 saturated heterocycles. The molecule has 1 aliphatic heterocycles. The molecule has 0 fully saturated rings. The number of rotatable bonds is 0. The SMILES string of the molecule is O=C=c1ccc2c(n1)Nc1ccccc1C(=O)N=2. The number of aromatic nitrogens is 1. The molecule has 1 aliphatic rings. The quantitative estimate of drug-likeness (QED) is 0.705. The van der Waals surface area contributed by atoms with Crippen molar-refractivity contribution in [1.29, 1.82) is 0 Å². The van der Waals surface area contributed by atoms with Gasteiger partial charge in [-0.3, -0.25) is 4.79 Å². The largest absolute Gasteiger partial charge is 0.338 e. The molecule has 86 valence electrons. The number of carbonyl (C=O) groups is 1. The average Bonchev–Trinajstić information content (AvgIpc) is 2.54. The molecule has 18 heavy (non-hydrogen) atoms. The van der Waals surface area contributed by atoms with E-state index in [1.807, 2.05) is 0 Å². The zero-order valence-electron chi connectivity index (χ0n) is 9.18. The molecule has 0 bridgehead atoms. The first-order valence-corrected chi connectivity index (χ1v) is 5.29. The average molecular weight is 237 g/mol. The van der Waals surface area contributed by atoms with Crippen LogP contribution in [0.5, 0.6) is 0 Å². The molecule has 0 atom stereocenters. The molecule has 0 unspecified atom stereocenters. The van der Waals surface area contributed by atoms with Gasteiger partial charge in [-0.15, -0.1) is 0 Å². The third-order valence-electron chi connectivity index (χ3n) is 2.61. The van der Waals surface area contributed by atoms with Gasteiger partial charge in [0.2, 0.25) is 0 Å². The summed E-state index contributed by atoms with van der Waals surface area (Å²) in [4.78, 5) is 30.5. The molecule has 1 N–H and O–H groups in total. The van der Waals surface area contributed by atoms with Gasteiger partial charge in [0.15, 0.2) is 11.8 Å². The second-order valence-corrected chi connectivity index (χ2v) is 3.75. The molecular weight excluding hydrogens is 230 g/mol. The van der Waals surface area contributed by atoms with Gasteiger partial charge in [0.1, 0.15) is 10.7 Å². The first-order chi connectivity index (χ1) is 8.78. The minimum absolute atomic E-state index is 0.170. The lowest BCUT2D eigenvalue weighted by atomic mass is 10.2. The summed E-state index contributed by atoms with van der Waals surface area (Å²) in [5.74, 6) is 1.76. The first-order valence-electron chi connectivity index (χ1n) is 5.29. The van der Waals surface area contributed by atoms with Crippen molar-refractivity contribution < 1.29 is 9.59 Å². The van der Waals surface area contributed by atoms with E-state index < -0.39 is 0 Å². The van der Waals surface area contributed by atoms with Gasteiger partial charge in [0, 0.05) is 0 Å². The van der Waals surface area contributed by atoms with Gasteiger partial charge >= 0.3 is 0 Å². The number of anilines is 2. The smallest absolute Gasteiger partial charge is 0.279 e. The highest BCUT2D eigenvalue weighted by atomic mass is 16.1. The molecule has 0 spiro atoms. The Kier molecular flexibility index (Phi) is 2.25. The molecule has 1 aromatic carbocycles. The number of fused-ring (bicyclic) bond motifs is 2. The van der Waals surface area contributed by atoms with Crippen LogP contribution in [0.1, 0.15) is 10.4 Å². The lowest BCUT2D eigenvalue weighted by Crippen LogP contribution is -2.19. The van der Waals surface area contributed by atoms with Crippen LogP contribution in [-0.2, 0) is 4.79 Å². The maximum absolute atomic E-state index is 11.9.